The van der Waals surface area contributed by atoms with Crippen LogP contribution >= 0.6 is 0 Å². The lowest BCUT2D eigenvalue weighted by Crippen LogP contribution is -2.56. The number of ether oxygens (including phenoxy) is 3. The molecule has 1 aliphatic rings. The lowest BCUT2D eigenvalue weighted by molar-refractivity contribution is -0.140. The molecule has 0 radical (unpaired) electrons. The maximum absolute atomic E-state index is 13.1. The van der Waals surface area contributed by atoms with Crippen LogP contribution in [0.1, 0.15) is 29.9 Å². The number of nitrogens with zero attached hydrogens (tertiary/aromatic N) is 3. The highest BCUT2D eigenvalue weighted by Crippen LogP contribution is 2.30. The van der Waals surface area contributed by atoms with E-state index in [1.165, 1.54) is 20.3 Å². The molecule has 1 saturated heterocycles. The zero-order chi connectivity index (χ0) is 22.5. The van der Waals surface area contributed by atoms with Gasteiger partial charge in [-0.1, -0.05) is 6.07 Å². The largest absolute Gasteiger partial charge is 0.493 e. The van der Waals surface area contributed by atoms with E-state index in [-0.39, 0.29) is 11.9 Å². The topological polar surface area (TPSA) is 81.2 Å². The molecule has 1 aromatic heterocycles. The molecular weight excluding hydrogens is 398 g/mol. The van der Waals surface area contributed by atoms with E-state index in [0.29, 0.717) is 36.7 Å². The summed E-state index contributed by atoms with van der Waals surface area (Å²) in [6.07, 6.45) is -0.705. The Balaban J connectivity index is 1.66. The third kappa shape index (κ3) is 5.07. The Bertz CT molecular complexity index is 949. The van der Waals surface area contributed by atoms with Crippen molar-refractivity contribution in [2.75, 3.05) is 38.8 Å². The Labute approximate surface area is 182 Å². The van der Waals surface area contributed by atoms with Crippen molar-refractivity contribution in [1.29, 1.82) is 0 Å². The first-order chi connectivity index (χ1) is 14.8. The molecule has 2 unspecified atom stereocenters. The molecule has 8 nitrogen and oxygen atoms in total. The minimum atomic E-state index is -0.705. The minimum Gasteiger partial charge on any atom is -0.493 e. The Morgan fingerprint density at radius 3 is 2.55 bits per heavy atom. The molecule has 3 rings (SSSR count). The van der Waals surface area contributed by atoms with Gasteiger partial charge in [-0.05, 0) is 51.1 Å². The molecule has 0 N–H and O–H groups in total. The maximum atomic E-state index is 13.1. The lowest BCUT2D eigenvalue weighted by atomic mass is 10.1. The number of esters is 1. The summed E-state index contributed by atoms with van der Waals surface area (Å²) in [6.45, 7) is 7.71. The molecule has 2 atom stereocenters. The van der Waals surface area contributed by atoms with Gasteiger partial charge in [-0.2, -0.15) is 0 Å². The SMILES string of the molecule is COC(=O)c1ccc(OC(C)C(=O)N2CCN(c3cccc(C)n3)CC2C)c(OC)c1. The van der Waals surface area contributed by atoms with E-state index in [2.05, 4.69) is 9.88 Å². The maximum Gasteiger partial charge on any atom is 0.337 e. The molecule has 2 aromatic rings. The van der Waals surface area contributed by atoms with Gasteiger partial charge in [-0.3, -0.25) is 4.79 Å². The Kier molecular flexibility index (Phi) is 6.99. The van der Waals surface area contributed by atoms with Gasteiger partial charge in [0.05, 0.1) is 19.8 Å². The molecule has 1 fully saturated rings. The van der Waals surface area contributed by atoms with Gasteiger partial charge < -0.3 is 24.0 Å². The van der Waals surface area contributed by atoms with Crippen LogP contribution in [0.4, 0.5) is 5.82 Å². The summed E-state index contributed by atoms with van der Waals surface area (Å²) in [7, 11) is 2.80. The Hall–Kier alpha value is -3.29. The molecule has 1 amide bonds. The van der Waals surface area contributed by atoms with Gasteiger partial charge in [0.25, 0.3) is 5.91 Å². The summed E-state index contributed by atoms with van der Waals surface area (Å²) in [4.78, 5) is 33.4. The average molecular weight is 428 g/mol. The number of carbonyl (C=O) groups is 2. The molecule has 1 aromatic carbocycles. The molecule has 0 spiro atoms. The number of benzene rings is 1. The van der Waals surface area contributed by atoms with E-state index in [9.17, 15) is 9.59 Å². The number of carbonyl (C=O) groups excluding carboxylic acids is 2. The van der Waals surface area contributed by atoms with E-state index >= 15 is 0 Å². The Morgan fingerprint density at radius 2 is 1.90 bits per heavy atom. The Morgan fingerprint density at radius 1 is 1.13 bits per heavy atom. The number of aromatic nitrogens is 1. The van der Waals surface area contributed by atoms with Gasteiger partial charge in [0.15, 0.2) is 17.6 Å². The van der Waals surface area contributed by atoms with Crippen LogP contribution in [-0.4, -0.2) is 67.8 Å². The van der Waals surface area contributed by atoms with Gasteiger partial charge >= 0.3 is 5.97 Å². The zero-order valence-electron chi connectivity index (χ0n) is 18.6. The van der Waals surface area contributed by atoms with Crippen LogP contribution in [0.2, 0.25) is 0 Å². The summed E-state index contributed by atoms with van der Waals surface area (Å²) < 4.78 is 16.0. The van der Waals surface area contributed by atoms with Crippen molar-refractivity contribution in [3.8, 4) is 11.5 Å². The molecule has 0 aliphatic carbocycles. The second-order valence-corrected chi connectivity index (χ2v) is 7.58. The molecule has 2 heterocycles. The number of pyridine rings is 1. The highest BCUT2D eigenvalue weighted by atomic mass is 16.5. The first-order valence-corrected chi connectivity index (χ1v) is 10.3. The summed E-state index contributed by atoms with van der Waals surface area (Å²) in [5.74, 6) is 1.13. The van der Waals surface area contributed by atoms with Crippen LogP contribution in [0.15, 0.2) is 36.4 Å². The van der Waals surface area contributed by atoms with Crippen molar-refractivity contribution in [1.82, 2.24) is 9.88 Å². The first-order valence-electron chi connectivity index (χ1n) is 10.3. The van der Waals surface area contributed by atoms with Crippen molar-refractivity contribution >= 4 is 17.7 Å². The van der Waals surface area contributed by atoms with E-state index in [0.717, 1.165) is 11.5 Å². The quantitative estimate of drug-likeness (QED) is 0.656. The highest BCUT2D eigenvalue weighted by Gasteiger charge is 2.32. The first kappa shape index (κ1) is 22.4. The third-order valence-corrected chi connectivity index (χ3v) is 5.34. The number of piperazine rings is 1. The van der Waals surface area contributed by atoms with Crippen LogP contribution in [0.5, 0.6) is 11.5 Å². The van der Waals surface area contributed by atoms with Crippen LogP contribution in [0, 0.1) is 6.92 Å². The van der Waals surface area contributed by atoms with E-state index in [4.69, 9.17) is 14.2 Å². The summed E-state index contributed by atoms with van der Waals surface area (Å²) in [6, 6.07) is 10.7. The zero-order valence-corrected chi connectivity index (χ0v) is 18.6. The summed E-state index contributed by atoms with van der Waals surface area (Å²) >= 11 is 0. The minimum absolute atomic E-state index is 0.0122. The smallest absolute Gasteiger partial charge is 0.337 e. The number of methoxy groups -OCH3 is 2. The standard InChI is InChI=1S/C23H29N3O5/c1-15-7-6-8-21(24-15)25-11-12-26(16(2)14-25)22(27)17(3)31-19-10-9-18(23(28)30-5)13-20(19)29-4/h6-10,13,16-17H,11-12,14H2,1-5H3. The van der Waals surface area contributed by atoms with Gasteiger partial charge in [-0.25, -0.2) is 9.78 Å². The van der Waals surface area contributed by atoms with Crippen molar-refractivity contribution in [3.63, 3.8) is 0 Å². The van der Waals surface area contributed by atoms with Crippen LogP contribution in [0.3, 0.4) is 0 Å². The molecule has 8 heteroatoms. The summed E-state index contributed by atoms with van der Waals surface area (Å²) in [5.41, 5.74) is 1.32. The predicted octanol–water partition coefficient (Wildman–Crippen LogP) is 2.69. The van der Waals surface area contributed by atoms with E-state index in [1.54, 1.807) is 19.1 Å². The molecule has 0 bridgehead atoms. The van der Waals surface area contributed by atoms with Crippen molar-refractivity contribution < 1.29 is 23.8 Å². The fourth-order valence-corrected chi connectivity index (χ4v) is 3.68. The fourth-order valence-electron chi connectivity index (χ4n) is 3.68. The number of aryl methyl sites for hydroxylation is 1. The van der Waals surface area contributed by atoms with Crippen molar-refractivity contribution in [3.05, 3.63) is 47.7 Å². The van der Waals surface area contributed by atoms with Gasteiger partial charge in [-0.15, -0.1) is 0 Å². The van der Waals surface area contributed by atoms with E-state index in [1.807, 2.05) is 36.9 Å². The highest BCUT2D eigenvalue weighted by molar-refractivity contribution is 5.90. The molecular formula is C23H29N3O5. The van der Waals surface area contributed by atoms with Gasteiger partial charge in [0, 0.05) is 31.4 Å². The monoisotopic (exact) mass is 427 g/mol. The lowest BCUT2D eigenvalue weighted by Gasteiger charge is -2.41. The van der Waals surface area contributed by atoms with Crippen LogP contribution in [-0.2, 0) is 9.53 Å². The number of anilines is 1. The number of amides is 1. The number of hydrogen-bond donors (Lipinski definition) is 0. The second-order valence-electron chi connectivity index (χ2n) is 7.58. The molecule has 166 valence electrons. The normalized spacial score (nSPS) is 17.1. The van der Waals surface area contributed by atoms with Gasteiger partial charge in [0.2, 0.25) is 0 Å². The third-order valence-electron chi connectivity index (χ3n) is 5.34. The molecule has 0 saturated carbocycles. The number of rotatable bonds is 6. The molecule has 1 aliphatic heterocycles. The number of hydrogen-bond acceptors (Lipinski definition) is 7. The average Bonchev–Trinajstić information content (AvgIpc) is 2.78. The second kappa shape index (κ2) is 9.68. The van der Waals surface area contributed by atoms with E-state index < -0.39 is 12.1 Å². The summed E-state index contributed by atoms with van der Waals surface area (Å²) in [5, 5.41) is 0. The predicted molar refractivity (Wildman–Crippen MR) is 117 cm³/mol. The van der Waals surface area contributed by atoms with Crippen molar-refractivity contribution in [2.45, 2.75) is 32.9 Å². The van der Waals surface area contributed by atoms with Gasteiger partial charge in [0.1, 0.15) is 5.82 Å². The van der Waals surface area contributed by atoms with Crippen LogP contribution < -0.4 is 14.4 Å². The van der Waals surface area contributed by atoms with Crippen LogP contribution in [0.25, 0.3) is 0 Å². The molecule has 31 heavy (non-hydrogen) atoms. The van der Waals surface area contributed by atoms with Crippen molar-refractivity contribution in [2.24, 2.45) is 0 Å². The fraction of sp³-hybridized carbons (Fsp3) is 0.435.